The predicted molar refractivity (Wildman–Crippen MR) is 83.4 cm³/mol. The van der Waals surface area contributed by atoms with Gasteiger partial charge in [-0.1, -0.05) is 40.7 Å². The number of sulfone groups is 1. The normalized spacial score (nSPS) is 24.0. The van der Waals surface area contributed by atoms with Crippen LogP contribution in [0.5, 0.6) is 0 Å². The molecule has 0 radical (unpaired) electrons. The summed E-state index contributed by atoms with van der Waals surface area (Å²) in [7, 11) is -3.43. The molecular weight excluding hydrogens is 302 g/mol. The number of hydrogen-bond donors (Lipinski definition) is 1. The van der Waals surface area contributed by atoms with Crippen LogP contribution < -0.4 is 0 Å². The van der Waals surface area contributed by atoms with Crippen LogP contribution >= 0.6 is 0 Å². The summed E-state index contributed by atoms with van der Waals surface area (Å²) in [5.41, 5.74) is 0.123. The third-order valence-electron chi connectivity index (χ3n) is 4.15. The molecule has 122 valence electrons. The van der Waals surface area contributed by atoms with Crippen LogP contribution in [0.4, 0.5) is 0 Å². The maximum Gasteiger partial charge on any atom is 0.307 e. The summed E-state index contributed by atoms with van der Waals surface area (Å²) in [6.07, 6.45) is 1.50. The Balaban J connectivity index is 2.24. The fourth-order valence-electron chi connectivity index (χ4n) is 3.12. The first-order valence-corrected chi connectivity index (χ1v) is 8.93. The molecule has 1 aromatic heterocycles. The Hall–Kier alpha value is -1.43. The lowest BCUT2D eigenvalue weighted by molar-refractivity contribution is -0.139. The second-order valence-corrected chi connectivity index (χ2v) is 9.80. The summed E-state index contributed by atoms with van der Waals surface area (Å²) in [6, 6.07) is 3.18. The van der Waals surface area contributed by atoms with Gasteiger partial charge in [0, 0.05) is 12.1 Å². The summed E-state index contributed by atoms with van der Waals surface area (Å²) in [4.78, 5) is 15.3. The van der Waals surface area contributed by atoms with Crippen LogP contribution in [-0.4, -0.2) is 30.2 Å². The first-order valence-electron chi connectivity index (χ1n) is 7.28. The van der Waals surface area contributed by atoms with Crippen molar-refractivity contribution in [1.82, 2.24) is 4.98 Å². The summed E-state index contributed by atoms with van der Waals surface area (Å²) < 4.78 is 24.6. The van der Waals surface area contributed by atoms with Crippen LogP contribution in [0.15, 0.2) is 23.4 Å². The third kappa shape index (κ3) is 3.16. The minimum absolute atomic E-state index is 0.0268. The fourth-order valence-corrected chi connectivity index (χ4v) is 4.90. The predicted octanol–water partition coefficient (Wildman–Crippen LogP) is 2.73. The maximum absolute atomic E-state index is 12.3. The molecule has 1 heterocycles. The quantitative estimate of drug-likeness (QED) is 0.920. The van der Waals surface area contributed by atoms with E-state index in [1.54, 1.807) is 6.07 Å². The van der Waals surface area contributed by atoms with Gasteiger partial charge in [-0.05, 0) is 22.5 Å². The van der Waals surface area contributed by atoms with Crippen LogP contribution in [0.3, 0.4) is 0 Å². The van der Waals surface area contributed by atoms with E-state index in [2.05, 4.69) is 4.98 Å². The van der Waals surface area contributed by atoms with Gasteiger partial charge in [-0.2, -0.15) is 0 Å². The van der Waals surface area contributed by atoms with Crippen molar-refractivity contribution < 1.29 is 18.3 Å². The van der Waals surface area contributed by atoms with Crippen molar-refractivity contribution in [3.8, 4) is 0 Å². The summed E-state index contributed by atoms with van der Waals surface area (Å²) >= 11 is 0. The fraction of sp³-hybridized carbons (Fsp3) is 0.625. The molecule has 0 spiro atoms. The van der Waals surface area contributed by atoms with Crippen molar-refractivity contribution in [2.75, 3.05) is 5.75 Å². The molecule has 1 fully saturated rings. The minimum atomic E-state index is -3.43. The average Bonchev–Trinajstić information content (AvgIpc) is 2.89. The highest BCUT2D eigenvalue weighted by molar-refractivity contribution is 7.91. The average molecular weight is 325 g/mol. The number of carboxylic acid groups (broad SMARTS) is 1. The summed E-state index contributed by atoms with van der Waals surface area (Å²) in [5, 5.41) is 9.27. The Morgan fingerprint density at radius 2 is 1.91 bits per heavy atom. The molecule has 1 aromatic rings. The van der Waals surface area contributed by atoms with Crippen LogP contribution in [0.25, 0.3) is 0 Å². The van der Waals surface area contributed by atoms with E-state index in [-0.39, 0.29) is 27.5 Å². The van der Waals surface area contributed by atoms with E-state index in [1.807, 2.05) is 34.6 Å². The highest BCUT2D eigenvalue weighted by atomic mass is 32.2. The molecule has 2 atom stereocenters. The standard InChI is InChI=1S/C16H23NO4S/c1-15(2,3)9-22(20,21)11-7-6-10(8-17-11)12-13(14(18)19)16(12,4)5/h6-8,12-13H,9H2,1-5H3,(H,18,19)/t12-,13+/m0/s1. The van der Waals surface area contributed by atoms with Gasteiger partial charge in [0.2, 0.25) is 0 Å². The van der Waals surface area contributed by atoms with Gasteiger partial charge in [-0.25, -0.2) is 13.4 Å². The van der Waals surface area contributed by atoms with Crippen molar-refractivity contribution in [3.05, 3.63) is 23.9 Å². The Bertz CT molecular complexity index is 684. The van der Waals surface area contributed by atoms with E-state index < -0.39 is 21.7 Å². The molecule has 1 aliphatic carbocycles. The molecule has 0 saturated heterocycles. The Labute approximate surface area is 131 Å². The molecule has 22 heavy (non-hydrogen) atoms. The van der Waals surface area contributed by atoms with Gasteiger partial charge in [0.15, 0.2) is 14.9 Å². The lowest BCUT2D eigenvalue weighted by atomic mass is 10.0. The molecule has 1 aliphatic rings. The smallest absolute Gasteiger partial charge is 0.307 e. The lowest BCUT2D eigenvalue weighted by Gasteiger charge is -2.17. The monoisotopic (exact) mass is 325 g/mol. The number of carbonyl (C=O) groups is 1. The van der Waals surface area contributed by atoms with E-state index in [4.69, 9.17) is 0 Å². The van der Waals surface area contributed by atoms with Gasteiger partial charge < -0.3 is 5.11 Å². The Morgan fingerprint density at radius 1 is 1.32 bits per heavy atom. The molecule has 1 N–H and O–H groups in total. The van der Waals surface area contributed by atoms with Gasteiger partial charge in [0.1, 0.15) is 0 Å². The highest BCUT2D eigenvalue weighted by Gasteiger charge is 2.62. The van der Waals surface area contributed by atoms with E-state index in [0.29, 0.717) is 0 Å². The van der Waals surface area contributed by atoms with Crippen molar-refractivity contribution in [3.63, 3.8) is 0 Å². The van der Waals surface area contributed by atoms with Gasteiger partial charge in [-0.3, -0.25) is 4.79 Å². The van der Waals surface area contributed by atoms with Gasteiger partial charge in [-0.15, -0.1) is 0 Å². The molecule has 1 saturated carbocycles. The van der Waals surface area contributed by atoms with Gasteiger partial charge in [0.25, 0.3) is 0 Å². The minimum Gasteiger partial charge on any atom is -0.481 e. The number of nitrogens with zero attached hydrogens (tertiary/aromatic N) is 1. The molecule has 5 nitrogen and oxygen atoms in total. The summed E-state index contributed by atoms with van der Waals surface area (Å²) in [6.45, 7) is 9.40. The van der Waals surface area contributed by atoms with Crippen LogP contribution in [0, 0.1) is 16.7 Å². The number of aliphatic carboxylic acids is 1. The number of pyridine rings is 1. The number of hydrogen-bond acceptors (Lipinski definition) is 4. The molecule has 6 heteroatoms. The first-order chi connectivity index (χ1) is 9.86. The maximum atomic E-state index is 12.3. The zero-order chi connectivity index (χ0) is 16.9. The van der Waals surface area contributed by atoms with Gasteiger partial charge >= 0.3 is 5.97 Å². The Kier molecular flexibility index (Phi) is 3.88. The second-order valence-electron chi connectivity index (χ2n) is 7.86. The molecular formula is C16H23NO4S. The number of aromatic nitrogens is 1. The number of carboxylic acids is 1. The van der Waals surface area contributed by atoms with Crippen LogP contribution in [0.2, 0.25) is 0 Å². The van der Waals surface area contributed by atoms with Crippen molar-refractivity contribution >= 4 is 15.8 Å². The van der Waals surface area contributed by atoms with E-state index in [1.165, 1.54) is 12.3 Å². The van der Waals surface area contributed by atoms with Crippen molar-refractivity contribution in [2.45, 2.75) is 45.6 Å². The second kappa shape index (κ2) is 5.05. The molecule has 2 rings (SSSR count). The third-order valence-corrected chi connectivity index (χ3v) is 6.28. The molecule has 0 bridgehead atoms. The van der Waals surface area contributed by atoms with E-state index in [9.17, 15) is 18.3 Å². The van der Waals surface area contributed by atoms with Crippen molar-refractivity contribution in [1.29, 1.82) is 0 Å². The zero-order valence-electron chi connectivity index (χ0n) is 13.6. The van der Waals surface area contributed by atoms with Gasteiger partial charge in [0.05, 0.1) is 11.7 Å². The van der Waals surface area contributed by atoms with Crippen molar-refractivity contribution in [2.24, 2.45) is 16.7 Å². The first kappa shape index (κ1) is 16.9. The topological polar surface area (TPSA) is 84.3 Å². The summed E-state index contributed by atoms with van der Waals surface area (Å²) in [5.74, 6) is -1.35. The lowest BCUT2D eigenvalue weighted by Crippen LogP contribution is -2.21. The van der Waals surface area contributed by atoms with E-state index >= 15 is 0 Å². The van der Waals surface area contributed by atoms with Crippen LogP contribution in [0.1, 0.15) is 46.1 Å². The highest BCUT2D eigenvalue weighted by Crippen LogP contribution is 2.64. The molecule has 0 unspecified atom stereocenters. The Morgan fingerprint density at radius 3 is 2.27 bits per heavy atom. The molecule has 0 amide bonds. The largest absolute Gasteiger partial charge is 0.481 e. The van der Waals surface area contributed by atoms with Crippen LogP contribution in [-0.2, 0) is 14.6 Å². The molecule has 0 aromatic carbocycles. The van der Waals surface area contributed by atoms with E-state index in [0.717, 1.165) is 5.56 Å². The SMILES string of the molecule is CC(C)(C)CS(=O)(=O)c1ccc([C@H]2[C@H](C(=O)O)C2(C)C)cn1. The number of rotatable bonds is 4. The zero-order valence-corrected chi connectivity index (χ0v) is 14.4. The molecule has 0 aliphatic heterocycles.